The number of rotatable bonds is 5. The number of fused-ring (bicyclic) bond motifs is 2. The summed E-state index contributed by atoms with van der Waals surface area (Å²) in [6.07, 6.45) is 5.93. The third kappa shape index (κ3) is 2.79. The highest BCUT2D eigenvalue weighted by atomic mass is 16.5. The lowest BCUT2D eigenvalue weighted by molar-refractivity contribution is 0.309. The molecule has 0 spiro atoms. The molecule has 104 valence electrons. The van der Waals surface area contributed by atoms with E-state index in [0.717, 1.165) is 23.5 Å². The first-order chi connectivity index (χ1) is 9.26. The Morgan fingerprint density at radius 2 is 2.21 bits per heavy atom. The van der Waals surface area contributed by atoms with E-state index in [1.807, 2.05) is 6.07 Å². The average Bonchev–Trinajstić information content (AvgIpc) is 3.07. The minimum atomic E-state index is 0.411. The summed E-state index contributed by atoms with van der Waals surface area (Å²) in [5.41, 5.74) is 1.32. The molecule has 2 saturated carbocycles. The lowest BCUT2D eigenvalue weighted by Gasteiger charge is -2.24. The van der Waals surface area contributed by atoms with Crippen molar-refractivity contribution in [2.45, 2.75) is 38.6 Å². The van der Waals surface area contributed by atoms with Gasteiger partial charge in [0.25, 0.3) is 0 Å². The van der Waals surface area contributed by atoms with Crippen LogP contribution < -0.4 is 10.1 Å². The molecular formula is C17H25NO. The maximum atomic E-state index is 5.30. The second-order valence-corrected chi connectivity index (χ2v) is 6.34. The number of methoxy groups -OCH3 is 1. The zero-order chi connectivity index (χ0) is 13.2. The summed E-state index contributed by atoms with van der Waals surface area (Å²) >= 11 is 0. The third-order valence-corrected chi connectivity index (χ3v) is 5.16. The topological polar surface area (TPSA) is 21.3 Å². The second kappa shape index (κ2) is 5.54. The van der Waals surface area contributed by atoms with Gasteiger partial charge in [-0.25, -0.2) is 0 Å². The molecule has 2 nitrogen and oxygen atoms in total. The fourth-order valence-electron chi connectivity index (χ4n) is 3.98. The highest BCUT2D eigenvalue weighted by Crippen LogP contribution is 2.48. The lowest BCUT2D eigenvalue weighted by Crippen LogP contribution is -2.28. The largest absolute Gasteiger partial charge is 0.497 e. The Kier molecular flexibility index (Phi) is 3.79. The van der Waals surface area contributed by atoms with Crippen molar-refractivity contribution in [3.05, 3.63) is 29.8 Å². The van der Waals surface area contributed by atoms with Crippen LogP contribution in [0.25, 0.3) is 0 Å². The zero-order valence-corrected chi connectivity index (χ0v) is 12.1. The maximum absolute atomic E-state index is 5.30. The summed E-state index contributed by atoms with van der Waals surface area (Å²) in [6, 6.07) is 8.81. The maximum Gasteiger partial charge on any atom is 0.119 e. The first-order valence-electron chi connectivity index (χ1n) is 7.63. The number of ether oxygens (including phenoxy) is 1. The molecule has 4 atom stereocenters. The molecule has 0 radical (unpaired) electrons. The Balaban J connectivity index is 1.54. The van der Waals surface area contributed by atoms with E-state index in [9.17, 15) is 0 Å². The van der Waals surface area contributed by atoms with Crippen molar-refractivity contribution >= 4 is 0 Å². The first-order valence-corrected chi connectivity index (χ1v) is 7.63. The van der Waals surface area contributed by atoms with Crippen molar-refractivity contribution in [3.8, 4) is 5.75 Å². The van der Waals surface area contributed by atoms with Gasteiger partial charge >= 0.3 is 0 Å². The van der Waals surface area contributed by atoms with E-state index in [0.29, 0.717) is 6.04 Å². The van der Waals surface area contributed by atoms with Crippen LogP contribution in [0.2, 0.25) is 0 Å². The van der Waals surface area contributed by atoms with Crippen LogP contribution in [0.15, 0.2) is 24.3 Å². The Hall–Kier alpha value is -1.02. The molecule has 2 aliphatic carbocycles. The molecular weight excluding hydrogens is 234 g/mol. The molecule has 4 unspecified atom stereocenters. The van der Waals surface area contributed by atoms with Crippen molar-refractivity contribution in [3.63, 3.8) is 0 Å². The molecule has 0 heterocycles. The van der Waals surface area contributed by atoms with Crippen LogP contribution in [0.5, 0.6) is 5.75 Å². The summed E-state index contributed by atoms with van der Waals surface area (Å²) < 4.78 is 5.30. The van der Waals surface area contributed by atoms with Gasteiger partial charge in [-0.3, -0.25) is 0 Å². The SMILES string of the molecule is COc1cccc(C(C)NCC2CC3CCC2C3)c1. The molecule has 0 aliphatic heterocycles. The van der Waals surface area contributed by atoms with Gasteiger partial charge in [-0.15, -0.1) is 0 Å². The predicted molar refractivity (Wildman–Crippen MR) is 78.3 cm³/mol. The summed E-state index contributed by atoms with van der Waals surface area (Å²) in [7, 11) is 1.73. The summed E-state index contributed by atoms with van der Waals surface area (Å²) in [5, 5.41) is 3.72. The van der Waals surface area contributed by atoms with Crippen molar-refractivity contribution < 1.29 is 4.74 Å². The van der Waals surface area contributed by atoms with E-state index in [4.69, 9.17) is 4.74 Å². The molecule has 1 N–H and O–H groups in total. The van der Waals surface area contributed by atoms with Crippen molar-refractivity contribution in [1.82, 2.24) is 5.32 Å². The standard InChI is InChI=1S/C17H25NO/c1-12(14-4-3-5-17(10-14)19-2)18-11-16-9-13-6-7-15(16)8-13/h3-5,10,12-13,15-16,18H,6-9,11H2,1-2H3. The molecule has 2 aliphatic rings. The van der Waals surface area contributed by atoms with Gasteiger partial charge in [0.15, 0.2) is 0 Å². The summed E-state index contributed by atoms with van der Waals surface area (Å²) in [4.78, 5) is 0. The van der Waals surface area contributed by atoms with Crippen LogP contribution >= 0.6 is 0 Å². The molecule has 2 bridgehead atoms. The monoisotopic (exact) mass is 259 g/mol. The number of nitrogens with one attached hydrogen (secondary N) is 1. The van der Waals surface area contributed by atoms with Crippen LogP contribution in [0.4, 0.5) is 0 Å². The average molecular weight is 259 g/mol. The minimum absolute atomic E-state index is 0.411. The number of hydrogen-bond acceptors (Lipinski definition) is 2. The second-order valence-electron chi connectivity index (χ2n) is 6.34. The van der Waals surface area contributed by atoms with E-state index in [1.165, 1.54) is 37.8 Å². The quantitative estimate of drug-likeness (QED) is 0.869. The minimum Gasteiger partial charge on any atom is -0.497 e. The van der Waals surface area contributed by atoms with Gasteiger partial charge in [0.2, 0.25) is 0 Å². The molecule has 1 aromatic rings. The Morgan fingerprint density at radius 3 is 2.89 bits per heavy atom. The molecule has 0 aromatic heterocycles. The van der Waals surface area contributed by atoms with Crippen molar-refractivity contribution in [1.29, 1.82) is 0 Å². The first kappa shape index (κ1) is 13.0. The van der Waals surface area contributed by atoms with E-state index in [1.54, 1.807) is 7.11 Å². The van der Waals surface area contributed by atoms with Crippen molar-refractivity contribution in [2.24, 2.45) is 17.8 Å². The van der Waals surface area contributed by atoms with Gasteiger partial charge in [-0.05, 0) is 68.2 Å². The summed E-state index contributed by atoms with van der Waals surface area (Å²) in [5.74, 6) is 3.93. The molecule has 0 saturated heterocycles. The molecule has 0 amide bonds. The van der Waals surface area contributed by atoms with Gasteiger partial charge in [0.05, 0.1) is 7.11 Å². The normalized spacial score (nSPS) is 30.5. The predicted octanol–water partition coefficient (Wildman–Crippen LogP) is 3.78. The molecule has 1 aromatic carbocycles. The summed E-state index contributed by atoms with van der Waals surface area (Å²) in [6.45, 7) is 3.43. The van der Waals surface area contributed by atoms with Gasteiger partial charge in [-0.1, -0.05) is 18.6 Å². The Bertz CT molecular complexity index is 431. The van der Waals surface area contributed by atoms with E-state index in [-0.39, 0.29) is 0 Å². The van der Waals surface area contributed by atoms with Crippen LogP contribution in [-0.4, -0.2) is 13.7 Å². The lowest BCUT2D eigenvalue weighted by atomic mass is 9.88. The van der Waals surface area contributed by atoms with Crippen LogP contribution in [0, 0.1) is 17.8 Å². The van der Waals surface area contributed by atoms with Gasteiger partial charge in [0, 0.05) is 6.04 Å². The highest BCUT2D eigenvalue weighted by Gasteiger charge is 2.39. The Labute approximate surface area is 116 Å². The fourth-order valence-corrected chi connectivity index (χ4v) is 3.98. The number of benzene rings is 1. The third-order valence-electron chi connectivity index (χ3n) is 5.16. The molecule has 2 fully saturated rings. The van der Waals surface area contributed by atoms with Crippen LogP contribution in [-0.2, 0) is 0 Å². The molecule has 19 heavy (non-hydrogen) atoms. The Morgan fingerprint density at radius 1 is 1.32 bits per heavy atom. The molecule has 2 heteroatoms. The molecule has 3 rings (SSSR count). The van der Waals surface area contributed by atoms with E-state index in [2.05, 4.69) is 30.4 Å². The van der Waals surface area contributed by atoms with Crippen LogP contribution in [0.3, 0.4) is 0 Å². The van der Waals surface area contributed by atoms with E-state index >= 15 is 0 Å². The van der Waals surface area contributed by atoms with Gasteiger partial charge < -0.3 is 10.1 Å². The smallest absolute Gasteiger partial charge is 0.119 e. The van der Waals surface area contributed by atoms with Gasteiger partial charge in [-0.2, -0.15) is 0 Å². The van der Waals surface area contributed by atoms with Crippen LogP contribution in [0.1, 0.15) is 44.2 Å². The van der Waals surface area contributed by atoms with E-state index < -0.39 is 0 Å². The van der Waals surface area contributed by atoms with Crippen molar-refractivity contribution in [2.75, 3.05) is 13.7 Å². The number of hydrogen-bond donors (Lipinski definition) is 1. The van der Waals surface area contributed by atoms with Gasteiger partial charge in [0.1, 0.15) is 5.75 Å². The highest BCUT2D eigenvalue weighted by molar-refractivity contribution is 5.30. The zero-order valence-electron chi connectivity index (χ0n) is 12.1. The fraction of sp³-hybridized carbons (Fsp3) is 0.647.